The molecule has 0 aliphatic heterocycles. The van der Waals surface area contributed by atoms with Crippen molar-refractivity contribution in [2.45, 2.75) is 49.4 Å². The summed E-state index contributed by atoms with van der Waals surface area (Å²) in [5, 5.41) is 2.29. The van der Waals surface area contributed by atoms with Crippen molar-refractivity contribution < 1.29 is 13.6 Å². The van der Waals surface area contributed by atoms with Crippen LogP contribution in [0.5, 0.6) is 0 Å². The molecule has 26 heavy (non-hydrogen) atoms. The van der Waals surface area contributed by atoms with Gasteiger partial charge >= 0.3 is 0 Å². The minimum atomic E-state index is -0.835. The van der Waals surface area contributed by atoms with Crippen LogP contribution in [0.4, 0.5) is 14.5 Å². The summed E-state index contributed by atoms with van der Waals surface area (Å²) < 4.78 is 26.7. The third-order valence-electron chi connectivity index (χ3n) is 4.28. The average molecular weight is 379 g/mol. The first kappa shape index (κ1) is 18.6. The zero-order valence-electron chi connectivity index (χ0n) is 14.3. The molecule has 0 fully saturated rings. The molecule has 0 saturated heterocycles. The zero-order valence-corrected chi connectivity index (χ0v) is 15.1. The fraction of sp³-hybridized carbons (Fsp3) is 0.389. The number of hydrogen-bond acceptors (Lipinski definition) is 4. The SMILES string of the molecule is CCC(Sc1nc2c(c(=O)[nH]1)CCCC2)C(=O)Nc1ccc(F)cc1F. The summed E-state index contributed by atoms with van der Waals surface area (Å²) in [6.07, 6.45) is 3.92. The second-order valence-corrected chi connectivity index (χ2v) is 7.32. The number of aryl methyl sites for hydroxylation is 1. The van der Waals surface area contributed by atoms with Crippen LogP contribution in [0.15, 0.2) is 28.2 Å². The van der Waals surface area contributed by atoms with E-state index in [4.69, 9.17) is 0 Å². The molecule has 1 aromatic carbocycles. The Bertz CT molecular complexity index is 885. The molecule has 2 N–H and O–H groups in total. The Hall–Kier alpha value is -2.22. The number of thioether (sulfide) groups is 1. The summed E-state index contributed by atoms with van der Waals surface area (Å²) >= 11 is 1.14. The Labute approximate surface area is 153 Å². The van der Waals surface area contributed by atoms with Gasteiger partial charge in [0.1, 0.15) is 11.6 Å². The van der Waals surface area contributed by atoms with E-state index in [1.807, 2.05) is 6.92 Å². The van der Waals surface area contributed by atoms with Crippen LogP contribution in [-0.4, -0.2) is 21.1 Å². The highest BCUT2D eigenvalue weighted by molar-refractivity contribution is 8.00. The number of halogens is 2. The van der Waals surface area contributed by atoms with Crippen molar-refractivity contribution in [3.63, 3.8) is 0 Å². The van der Waals surface area contributed by atoms with Gasteiger partial charge in [-0.25, -0.2) is 13.8 Å². The molecule has 0 saturated carbocycles. The average Bonchev–Trinajstić information content (AvgIpc) is 2.62. The molecule has 8 heteroatoms. The van der Waals surface area contributed by atoms with E-state index in [9.17, 15) is 18.4 Å². The van der Waals surface area contributed by atoms with E-state index in [0.29, 0.717) is 17.6 Å². The van der Waals surface area contributed by atoms with Gasteiger partial charge in [-0.2, -0.15) is 0 Å². The van der Waals surface area contributed by atoms with Crippen LogP contribution in [0, 0.1) is 11.6 Å². The predicted molar refractivity (Wildman–Crippen MR) is 96.4 cm³/mol. The van der Waals surface area contributed by atoms with Crippen molar-refractivity contribution >= 4 is 23.4 Å². The lowest BCUT2D eigenvalue weighted by molar-refractivity contribution is -0.115. The van der Waals surface area contributed by atoms with E-state index >= 15 is 0 Å². The molecule has 0 spiro atoms. The van der Waals surface area contributed by atoms with Gasteiger partial charge < -0.3 is 10.3 Å². The minimum Gasteiger partial charge on any atom is -0.323 e. The van der Waals surface area contributed by atoms with Crippen molar-refractivity contribution in [2.24, 2.45) is 0 Å². The second-order valence-electron chi connectivity index (χ2n) is 6.13. The van der Waals surface area contributed by atoms with Crippen molar-refractivity contribution in [3.05, 3.63) is 51.4 Å². The highest BCUT2D eigenvalue weighted by Gasteiger charge is 2.22. The van der Waals surface area contributed by atoms with E-state index in [1.54, 1.807) is 0 Å². The number of H-pyrrole nitrogens is 1. The monoisotopic (exact) mass is 379 g/mol. The zero-order chi connectivity index (χ0) is 18.7. The van der Waals surface area contributed by atoms with Crippen LogP contribution in [0.2, 0.25) is 0 Å². The number of nitrogens with zero attached hydrogens (tertiary/aromatic N) is 1. The summed E-state index contributed by atoms with van der Waals surface area (Å²) in [7, 11) is 0. The maximum Gasteiger partial charge on any atom is 0.254 e. The van der Waals surface area contributed by atoms with Crippen LogP contribution < -0.4 is 10.9 Å². The van der Waals surface area contributed by atoms with E-state index in [1.165, 1.54) is 6.07 Å². The Balaban J connectivity index is 1.75. The van der Waals surface area contributed by atoms with Crippen molar-refractivity contribution in [1.29, 1.82) is 0 Å². The first-order valence-corrected chi connectivity index (χ1v) is 9.40. The molecule has 1 aliphatic carbocycles. The van der Waals surface area contributed by atoms with Gasteiger partial charge in [-0.15, -0.1) is 0 Å². The quantitative estimate of drug-likeness (QED) is 0.616. The number of hydrogen-bond donors (Lipinski definition) is 2. The molecule has 3 rings (SSSR count). The van der Waals surface area contributed by atoms with Gasteiger partial charge in [0, 0.05) is 11.6 Å². The molecule has 1 amide bonds. The molecular weight excluding hydrogens is 360 g/mol. The summed E-state index contributed by atoms with van der Waals surface area (Å²) in [4.78, 5) is 31.9. The highest BCUT2D eigenvalue weighted by Crippen LogP contribution is 2.26. The number of amides is 1. The topological polar surface area (TPSA) is 74.8 Å². The van der Waals surface area contributed by atoms with Gasteiger partial charge in [-0.05, 0) is 44.2 Å². The summed E-state index contributed by atoms with van der Waals surface area (Å²) in [5.74, 6) is -1.97. The normalized spacial score (nSPS) is 14.6. The van der Waals surface area contributed by atoms with Crippen molar-refractivity contribution in [3.8, 4) is 0 Å². The molecule has 0 radical (unpaired) electrons. The molecule has 0 bridgehead atoms. The Morgan fingerprint density at radius 3 is 2.85 bits per heavy atom. The molecule has 2 aromatic rings. The Morgan fingerprint density at radius 2 is 2.12 bits per heavy atom. The van der Waals surface area contributed by atoms with Crippen molar-refractivity contribution in [2.75, 3.05) is 5.32 Å². The summed E-state index contributed by atoms with van der Waals surface area (Å²) in [6.45, 7) is 1.81. The van der Waals surface area contributed by atoms with Gasteiger partial charge in [0.25, 0.3) is 5.56 Å². The van der Waals surface area contributed by atoms with E-state index in [-0.39, 0.29) is 11.2 Å². The van der Waals surface area contributed by atoms with E-state index in [0.717, 1.165) is 54.8 Å². The van der Waals surface area contributed by atoms with Crippen LogP contribution >= 0.6 is 11.8 Å². The first-order chi connectivity index (χ1) is 12.5. The lowest BCUT2D eigenvalue weighted by Crippen LogP contribution is -2.27. The molecule has 1 aromatic heterocycles. The second kappa shape index (κ2) is 7.99. The maximum atomic E-state index is 13.7. The molecule has 5 nitrogen and oxygen atoms in total. The molecule has 1 atom stereocenters. The third-order valence-corrected chi connectivity index (χ3v) is 5.52. The molecular formula is C18H19F2N3O2S. The number of anilines is 1. The van der Waals surface area contributed by atoms with Crippen molar-refractivity contribution in [1.82, 2.24) is 9.97 Å². The molecule has 138 valence electrons. The number of carbonyl (C=O) groups excluding carboxylic acids is 1. The maximum absolute atomic E-state index is 13.7. The van der Waals surface area contributed by atoms with E-state index < -0.39 is 22.8 Å². The number of carbonyl (C=O) groups is 1. The summed E-state index contributed by atoms with van der Waals surface area (Å²) in [5.41, 5.74) is 1.29. The number of rotatable bonds is 5. The van der Waals surface area contributed by atoms with Gasteiger partial charge in [0.2, 0.25) is 5.91 Å². The number of aromatic amines is 1. The fourth-order valence-electron chi connectivity index (χ4n) is 2.90. The number of aromatic nitrogens is 2. The van der Waals surface area contributed by atoms with Gasteiger partial charge in [-0.1, -0.05) is 18.7 Å². The van der Waals surface area contributed by atoms with Crippen LogP contribution in [0.3, 0.4) is 0 Å². The van der Waals surface area contributed by atoms with Gasteiger partial charge in [0.15, 0.2) is 5.16 Å². The van der Waals surface area contributed by atoms with Crippen LogP contribution in [-0.2, 0) is 17.6 Å². The minimum absolute atomic E-state index is 0.0812. The number of nitrogens with one attached hydrogen (secondary N) is 2. The standard InChI is InChI=1S/C18H19F2N3O2S/c1-2-15(17(25)21-14-8-7-10(19)9-12(14)20)26-18-22-13-6-4-3-5-11(13)16(24)23-18/h7-9,15H,2-6H2,1H3,(H,21,25)(H,22,23,24). The fourth-order valence-corrected chi connectivity index (χ4v) is 3.81. The summed E-state index contributed by atoms with van der Waals surface area (Å²) in [6, 6.07) is 2.97. The lowest BCUT2D eigenvalue weighted by Gasteiger charge is -2.17. The Morgan fingerprint density at radius 1 is 1.35 bits per heavy atom. The molecule has 1 unspecified atom stereocenters. The number of fused-ring (bicyclic) bond motifs is 1. The van der Waals surface area contributed by atoms with Crippen LogP contribution in [0.25, 0.3) is 0 Å². The highest BCUT2D eigenvalue weighted by atomic mass is 32.2. The van der Waals surface area contributed by atoms with Crippen LogP contribution in [0.1, 0.15) is 37.4 Å². The number of benzene rings is 1. The Kier molecular flexibility index (Phi) is 5.70. The van der Waals surface area contributed by atoms with Gasteiger partial charge in [-0.3, -0.25) is 9.59 Å². The predicted octanol–water partition coefficient (Wildman–Crippen LogP) is 3.44. The molecule has 1 aliphatic rings. The first-order valence-electron chi connectivity index (χ1n) is 8.52. The third kappa shape index (κ3) is 4.12. The van der Waals surface area contributed by atoms with E-state index in [2.05, 4.69) is 15.3 Å². The van der Waals surface area contributed by atoms with Gasteiger partial charge in [0.05, 0.1) is 16.6 Å². The molecule has 1 heterocycles. The largest absolute Gasteiger partial charge is 0.323 e. The smallest absolute Gasteiger partial charge is 0.254 e. The lowest BCUT2D eigenvalue weighted by atomic mass is 9.97.